The third-order valence-electron chi connectivity index (χ3n) is 3.95. The standard InChI is InChI=1S/C18H21N3O4S/c1-2-16(22)20-18-19-14(12-26-18)13-5-3-4-6-15(13)25-11-17(23)21-7-9-24-10-8-21/h3-6,12H,2,7-11H2,1H3,(H,19,20,22). The Kier molecular flexibility index (Phi) is 6.19. The van der Waals surface area contributed by atoms with E-state index < -0.39 is 0 Å². The number of carbonyl (C=O) groups is 2. The Morgan fingerprint density at radius 1 is 1.31 bits per heavy atom. The SMILES string of the molecule is CCC(=O)Nc1nc(-c2ccccc2OCC(=O)N2CCOCC2)cs1. The molecule has 2 aromatic rings. The van der Waals surface area contributed by atoms with E-state index in [0.29, 0.717) is 49.3 Å². The lowest BCUT2D eigenvalue weighted by Crippen LogP contribution is -2.43. The van der Waals surface area contributed by atoms with Crippen LogP contribution in [-0.2, 0) is 14.3 Å². The number of nitrogens with one attached hydrogen (secondary N) is 1. The van der Waals surface area contributed by atoms with Gasteiger partial charge in [0.05, 0.1) is 18.9 Å². The van der Waals surface area contributed by atoms with Crippen LogP contribution in [0.2, 0.25) is 0 Å². The van der Waals surface area contributed by atoms with Gasteiger partial charge in [-0.1, -0.05) is 19.1 Å². The Hall–Kier alpha value is -2.45. The van der Waals surface area contributed by atoms with Crippen molar-refractivity contribution in [3.8, 4) is 17.0 Å². The van der Waals surface area contributed by atoms with Crippen molar-refractivity contribution in [1.82, 2.24) is 9.88 Å². The van der Waals surface area contributed by atoms with Gasteiger partial charge in [0.25, 0.3) is 5.91 Å². The van der Waals surface area contributed by atoms with Crippen LogP contribution >= 0.6 is 11.3 Å². The van der Waals surface area contributed by atoms with Crippen LogP contribution in [0.5, 0.6) is 5.75 Å². The average molecular weight is 375 g/mol. The summed E-state index contributed by atoms with van der Waals surface area (Å²) in [7, 11) is 0. The molecular formula is C18H21N3O4S. The summed E-state index contributed by atoms with van der Waals surface area (Å²) in [5.74, 6) is 0.455. The van der Waals surface area contributed by atoms with Gasteiger partial charge in [-0.3, -0.25) is 9.59 Å². The molecule has 26 heavy (non-hydrogen) atoms. The van der Waals surface area contributed by atoms with E-state index in [1.165, 1.54) is 11.3 Å². The largest absolute Gasteiger partial charge is 0.483 e. The molecule has 0 spiro atoms. The van der Waals surface area contributed by atoms with Crippen molar-refractivity contribution >= 4 is 28.3 Å². The Morgan fingerprint density at radius 2 is 2.08 bits per heavy atom. The first-order chi connectivity index (χ1) is 12.7. The highest BCUT2D eigenvalue weighted by atomic mass is 32.1. The van der Waals surface area contributed by atoms with Crippen molar-refractivity contribution in [2.45, 2.75) is 13.3 Å². The predicted molar refractivity (Wildman–Crippen MR) is 99.4 cm³/mol. The second kappa shape index (κ2) is 8.77. The summed E-state index contributed by atoms with van der Waals surface area (Å²) in [6.45, 7) is 4.08. The summed E-state index contributed by atoms with van der Waals surface area (Å²) in [6.07, 6.45) is 0.401. The van der Waals surface area contributed by atoms with Gasteiger partial charge in [-0.2, -0.15) is 0 Å². The van der Waals surface area contributed by atoms with E-state index in [1.807, 2.05) is 29.6 Å². The average Bonchev–Trinajstić information content (AvgIpc) is 3.15. The molecule has 138 valence electrons. The normalized spacial score (nSPS) is 14.1. The van der Waals surface area contributed by atoms with E-state index in [4.69, 9.17) is 9.47 Å². The maximum absolute atomic E-state index is 12.3. The first-order valence-corrected chi connectivity index (χ1v) is 9.38. The van der Waals surface area contributed by atoms with Crippen LogP contribution in [0.3, 0.4) is 0 Å². The third kappa shape index (κ3) is 4.59. The Labute approximate surface area is 155 Å². The molecule has 1 fully saturated rings. The van der Waals surface area contributed by atoms with Crippen molar-refractivity contribution in [3.05, 3.63) is 29.6 Å². The Morgan fingerprint density at radius 3 is 2.85 bits per heavy atom. The molecule has 3 rings (SSSR count). The molecule has 1 aromatic heterocycles. The highest BCUT2D eigenvalue weighted by Gasteiger charge is 2.18. The number of amides is 2. The maximum Gasteiger partial charge on any atom is 0.260 e. The summed E-state index contributed by atoms with van der Waals surface area (Å²) in [5.41, 5.74) is 1.49. The quantitative estimate of drug-likeness (QED) is 0.839. The van der Waals surface area contributed by atoms with Crippen LogP contribution in [-0.4, -0.2) is 54.6 Å². The number of carbonyl (C=O) groups excluding carboxylic acids is 2. The molecule has 0 aliphatic carbocycles. The smallest absolute Gasteiger partial charge is 0.260 e. The van der Waals surface area contributed by atoms with Crippen LogP contribution in [0.25, 0.3) is 11.3 Å². The van der Waals surface area contributed by atoms with E-state index >= 15 is 0 Å². The predicted octanol–water partition coefficient (Wildman–Crippen LogP) is 2.40. The minimum atomic E-state index is -0.0773. The number of para-hydroxylation sites is 1. The summed E-state index contributed by atoms with van der Waals surface area (Å²) in [6, 6.07) is 7.43. The lowest BCUT2D eigenvalue weighted by molar-refractivity contribution is -0.137. The van der Waals surface area contributed by atoms with Gasteiger partial charge in [0, 0.05) is 30.5 Å². The number of nitrogens with zero attached hydrogens (tertiary/aromatic N) is 2. The zero-order valence-corrected chi connectivity index (χ0v) is 15.4. The van der Waals surface area contributed by atoms with Gasteiger partial charge in [-0.15, -0.1) is 11.3 Å². The fourth-order valence-electron chi connectivity index (χ4n) is 2.51. The van der Waals surface area contributed by atoms with E-state index in [0.717, 1.165) is 5.56 Å². The monoisotopic (exact) mass is 375 g/mol. The van der Waals surface area contributed by atoms with Crippen LogP contribution < -0.4 is 10.1 Å². The number of ether oxygens (including phenoxy) is 2. The molecule has 0 radical (unpaired) electrons. The van der Waals surface area contributed by atoms with Gasteiger partial charge >= 0.3 is 0 Å². The van der Waals surface area contributed by atoms with E-state index in [-0.39, 0.29) is 18.4 Å². The molecule has 0 bridgehead atoms. The van der Waals surface area contributed by atoms with Crippen molar-refractivity contribution < 1.29 is 19.1 Å². The number of anilines is 1. The zero-order chi connectivity index (χ0) is 18.4. The topological polar surface area (TPSA) is 80.8 Å². The van der Waals surface area contributed by atoms with Crippen LogP contribution in [0.4, 0.5) is 5.13 Å². The highest BCUT2D eigenvalue weighted by molar-refractivity contribution is 7.14. The maximum atomic E-state index is 12.3. The molecule has 8 heteroatoms. The summed E-state index contributed by atoms with van der Waals surface area (Å²) < 4.78 is 11.0. The van der Waals surface area contributed by atoms with Crippen molar-refractivity contribution in [3.63, 3.8) is 0 Å². The first-order valence-electron chi connectivity index (χ1n) is 8.50. The first kappa shape index (κ1) is 18.3. The highest BCUT2D eigenvalue weighted by Crippen LogP contribution is 2.32. The number of aromatic nitrogens is 1. The number of rotatable bonds is 6. The van der Waals surface area contributed by atoms with Gasteiger partial charge < -0.3 is 19.7 Å². The summed E-state index contributed by atoms with van der Waals surface area (Å²) in [5, 5.41) is 5.16. The fourth-order valence-corrected chi connectivity index (χ4v) is 3.24. The molecule has 2 amide bonds. The molecule has 1 aliphatic heterocycles. The summed E-state index contributed by atoms with van der Waals surface area (Å²) >= 11 is 1.36. The number of benzene rings is 1. The van der Waals surface area contributed by atoms with Gasteiger partial charge in [-0.05, 0) is 12.1 Å². The number of hydrogen-bond donors (Lipinski definition) is 1. The summed E-state index contributed by atoms with van der Waals surface area (Å²) in [4.78, 5) is 29.9. The molecule has 1 saturated heterocycles. The lowest BCUT2D eigenvalue weighted by atomic mass is 10.1. The number of thiazole rings is 1. The molecule has 0 unspecified atom stereocenters. The third-order valence-corrected chi connectivity index (χ3v) is 4.71. The molecule has 1 aromatic carbocycles. The van der Waals surface area contributed by atoms with Gasteiger partial charge in [0.2, 0.25) is 5.91 Å². The van der Waals surface area contributed by atoms with Gasteiger partial charge in [-0.25, -0.2) is 4.98 Å². The zero-order valence-electron chi connectivity index (χ0n) is 14.6. The van der Waals surface area contributed by atoms with E-state index in [9.17, 15) is 9.59 Å². The van der Waals surface area contributed by atoms with Gasteiger partial charge in [0.1, 0.15) is 5.75 Å². The molecule has 1 N–H and O–H groups in total. The molecule has 0 saturated carbocycles. The molecule has 1 aliphatic rings. The van der Waals surface area contributed by atoms with Gasteiger partial charge in [0.15, 0.2) is 11.7 Å². The Bertz CT molecular complexity index is 771. The van der Waals surface area contributed by atoms with Crippen LogP contribution in [0.15, 0.2) is 29.6 Å². The minimum Gasteiger partial charge on any atom is -0.483 e. The second-order valence-corrected chi connectivity index (χ2v) is 6.58. The van der Waals surface area contributed by atoms with E-state index in [1.54, 1.807) is 11.8 Å². The molecule has 0 atom stereocenters. The van der Waals surface area contributed by atoms with Crippen LogP contribution in [0, 0.1) is 0 Å². The van der Waals surface area contributed by atoms with Crippen molar-refractivity contribution in [1.29, 1.82) is 0 Å². The molecule has 7 nitrogen and oxygen atoms in total. The molecule has 2 heterocycles. The fraction of sp³-hybridized carbons (Fsp3) is 0.389. The Balaban J connectivity index is 1.68. The second-order valence-electron chi connectivity index (χ2n) is 5.72. The minimum absolute atomic E-state index is 0.0272. The van der Waals surface area contributed by atoms with Crippen molar-refractivity contribution in [2.24, 2.45) is 0 Å². The number of hydrogen-bond acceptors (Lipinski definition) is 6. The number of morpholine rings is 1. The molecular weight excluding hydrogens is 354 g/mol. The van der Waals surface area contributed by atoms with Crippen molar-refractivity contribution in [2.75, 3.05) is 38.2 Å². The lowest BCUT2D eigenvalue weighted by Gasteiger charge is -2.26. The van der Waals surface area contributed by atoms with Crippen LogP contribution in [0.1, 0.15) is 13.3 Å². The van der Waals surface area contributed by atoms with E-state index in [2.05, 4.69) is 10.3 Å².